The third kappa shape index (κ3) is 13.0. The van der Waals surface area contributed by atoms with Gasteiger partial charge in [0.2, 0.25) is 11.8 Å². The highest BCUT2D eigenvalue weighted by Gasteiger charge is 2.32. The quantitative estimate of drug-likeness (QED) is 0.0707. The fourth-order valence-electron chi connectivity index (χ4n) is 7.56. The number of para-hydroxylation sites is 2. The van der Waals surface area contributed by atoms with Gasteiger partial charge >= 0.3 is 0 Å². The first-order valence-corrected chi connectivity index (χ1v) is 26.8. The van der Waals surface area contributed by atoms with Crippen LogP contribution in [0.4, 0.5) is 8.78 Å². The molecule has 26 heteroatoms. The number of nitrogens with zero attached hydrogens (tertiary/aromatic N) is 12. The van der Waals surface area contributed by atoms with E-state index in [2.05, 4.69) is 50.3 Å². The first-order chi connectivity index (χ1) is 36.5. The van der Waals surface area contributed by atoms with Gasteiger partial charge in [-0.25, -0.2) is 55.5 Å². The average molecular weight is 1090 g/mol. The maximum absolute atomic E-state index is 13.4. The molecule has 2 unspecified atom stereocenters. The zero-order chi connectivity index (χ0) is 54.6. The largest absolute Gasteiger partial charge is 0.494 e. The first kappa shape index (κ1) is 55.5. The van der Waals surface area contributed by atoms with Crippen LogP contribution in [0.3, 0.4) is 0 Å². The van der Waals surface area contributed by atoms with Crippen molar-refractivity contribution in [3.05, 3.63) is 133 Å². The Balaban J connectivity index is 0.000000221. The van der Waals surface area contributed by atoms with E-state index in [4.69, 9.17) is 28.4 Å². The Kier molecular flexibility index (Phi) is 18.1. The molecule has 6 aromatic heterocycles. The number of hydrogen-bond donors (Lipinski definition) is 0. The molecule has 8 rings (SSSR count). The van der Waals surface area contributed by atoms with Gasteiger partial charge in [-0.1, -0.05) is 24.3 Å². The van der Waals surface area contributed by atoms with Gasteiger partial charge in [0, 0.05) is 25.0 Å². The molecule has 0 aliphatic rings. The van der Waals surface area contributed by atoms with Crippen LogP contribution in [0.2, 0.25) is 0 Å². The standard InChI is InChI=1S/2C25H27FN6O5S/c2*1-5-37-23-11-6-8-18(29-23)25-31-30-22(32(25)24-19(35-3)9-7-10-20(24)36-4)15-38(33,34)16(2)12-21-27-13-17(26)14-28-21/h2*6-11,13-14,16H,5,12,15H2,1-4H3. The number of aromatic nitrogens is 12. The third-order valence-corrected chi connectivity index (χ3v) is 15.5. The topological polar surface area (TPSA) is 262 Å². The minimum Gasteiger partial charge on any atom is -0.494 e. The smallest absolute Gasteiger partial charge is 0.213 e. The molecular weight excluding hydrogens is 1030 g/mol. The van der Waals surface area contributed by atoms with E-state index in [1.165, 1.54) is 28.4 Å². The maximum atomic E-state index is 13.4. The monoisotopic (exact) mass is 1080 g/mol. The van der Waals surface area contributed by atoms with Crippen LogP contribution in [0.15, 0.2) is 97.6 Å². The van der Waals surface area contributed by atoms with Crippen molar-refractivity contribution in [3.8, 4) is 69.2 Å². The lowest BCUT2D eigenvalue weighted by Crippen LogP contribution is -2.24. The van der Waals surface area contributed by atoms with Gasteiger partial charge in [0.25, 0.3) is 0 Å². The zero-order valence-corrected chi connectivity index (χ0v) is 44.3. The number of halogens is 2. The van der Waals surface area contributed by atoms with Crippen molar-refractivity contribution in [2.45, 2.75) is 62.5 Å². The number of rotatable bonds is 22. The molecule has 8 aromatic rings. The van der Waals surface area contributed by atoms with Crippen LogP contribution in [0.5, 0.6) is 34.8 Å². The molecule has 0 N–H and O–H groups in total. The highest BCUT2D eigenvalue weighted by molar-refractivity contribution is 7.91. The summed E-state index contributed by atoms with van der Waals surface area (Å²) in [5, 5.41) is 15.3. The number of sulfone groups is 2. The Morgan fingerprint density at radius 2 is 0.829 bits per heavy atom. The summed E-state index contributed by atoms with van der Waals surface area (Å²) in [6.07, 6.45) is 4.01. The van der Waals surface area contributed by atoms with Gasteiger partial charge in [0.05, 0.1) is 76.9 Å². The summed E-state index contributed by atoms with van der Waals surface area (Å²) in [5.41, 5.74) is 1.65. The van der Waals surface area contributed by atoms with Crippen LogP contribution in [0.25, 0.3) is 34.4 Å². The lowest BCUT2D eigenvalue weighted by molar-refractivity contribution is 0.327. The van der Waals surface area contributed by atoms with Gasteiger partial charge in [-0.2, -0.15) is 0 Å². The summed E-state index contributed by atoms with van der Waals surface area (Å²) >= 11 is 0. The number of pyridine rings is 2. The van der Waals surface area contributed by atoms with Gasteiger partial charge in [-0.15, -0.1) is 20.4 Å². The fourth-order valence-corrected chi connectivity index (χ4v) is 10.0. The minimum absolute atomic E-state index is 0.000452. The van der Waals surface area contributed by atoms with Crippen LogP contribution in [-0.2, 0) is 44.0 Å². The molecule has 0 saturated heterocycles. The summed E-state index contributed by atoms with van der Waals surface area (Å²) in [4.78, 5) is 24.5. The molecule has 0 radical (unpaired) electrons. The molecular formula is C50H54F2N12O10S2. The van der Waals surface area contributed by atoms with Gasteiger partial charge in [-0.3, -0.25) is 9.13 Å². The van der Waals surface area contributed by atoms with E-state index in [0.717, 1.165) is 24.8 Å². The average Bonchev–Trinajstić information content (AvgIpc) is 4.03. The Morgan fingerprint density at radius 3 is 1.14 bits per heavy atom. The second-order valence-corrected chi connectivity index (χ2v) is 21.3. The van der Waals surface area contributed by atoms with Crippen molar-refractivity contribution in [2.75, 3.05) is 41.7 Å². The maximum Gasteiger partial charge on any atom is 0.213 e. The summed E-state index contributed by atoms with van der Waals surface area (Å²) in [7, 11) is -1.61. The van der Waals surface area contributed by atoms with E-state index in [-0.39, 0.29) is 47.8 Å². The third-order valence-electron chi connectivity index (χ3n) is 11.4. The van der Waals surface area contributed by atoms with E-state index < -0.39 is 53.3 Å². The molecule has 0 saturated carbocycles. The zero-order valence-electron chi connectivity index (χ0n) is 42.7. The van der Waals surface area contributed by atoms with E-state index in [0.29, 0.717) is 70.7 Å². The minimum atomic E-state index is -3.80. The molecule has 0 aliphatic carbocycles. The lowest BCUT2D eigenvalue weighted by atomic mass is 10.2. The number of benzene rings is 2. The van der Waals surface area contributed by atoms with Gasteiger partial charge in [0.1, 0.15) is 68.9 Å². The molecule has 2 aromatic carbocycles. The normalized spacial score (nSPS) is 12.2. The van der Waals surface area contributed by atoms with Crippen molar-refractivity contribution in [1.29, 1.82) is 0 Å². The van der Waals surface area contributed by atoms with E-state index in [1.807, 2.05) is 13.8 Å². The van der Waals surface area contributed by atoms with E-state index in [1.54, 1.807) is 95.8 Å². The second-order valence-electron chi connectivity index (χ2n) is 16.4. The van der Waals surface area contributed by atoms with Gasteiger partial charge in [-0.05, 0) is 64.1 Å². The van der Waals surface area contributed by atoms with E-state index in [9.17, 15) is 25.6 Å². The Labute approximate surface area is 437 Å². The Morgan fingerprint density at radius 1 is 0.500 bits per heavy atom. The van der Waals surface area contributed by atoms with Crippen molar-refractivity contribution in [2.24, 2.45) is 0 Å². The van der Waals surface area contributed by atoms with Crippen LogP contribution in [0.1, 0.15) is 51.0 Å². The predicted octanol–water partition coefficient (Wildman–Crippen LogP) is 6.44. The van der Waals surface area contributed by atoms with E-state index >= 15 is 0 Å². The second kappa shape index (κ2) is 24.8. The number of methoxy groups -OCH3 is 4. The molecule has 6 heterocycles. The molecule has 400 valence electrons. The van der Waals surface area contributed by atoms with Crippen molar-refractivity contribution < 1.29 is 54.0 Å². The van der Waals surface area contributed by atoms with Crippen molar-refractivity contribution in [1.82, 2.24) is 59.4 Å². The Bertz CT molecular complexity index is 3210. The van der Waals surface area contributed by atoms with Gasteiger partial charge < -0.3 is 28.4 Å². The molecule has 0 amide bonds. The summed E-state index contributed by atoms with van der Waals surface area (Å²) in [6.45, 7) is 7.61. The fraction of sp³-hybridized carbons (Fsp3) is 0.320. The first-order valence-electron chi connectivity index (χ1n) is 23.4. The Hall–Kier alpha value is -8.26. The molecule has 76 heavy (non-hydrogen) atoms. The molecule has 22 nitrogen and oxygen atoms in total. The highest BCUT2D eigenvalue weighted by atomic mass is 32.2. The number of ether oxygens (including phenoxy) is 6. The van der Waals surface area contributed by atoms with Crippen LogP contribution >= 0.6 is 0 Å². The number of hydrogen-bond acceptors (Lipinski definition) is 20. The summed E-state index contributed by atoms with van der Waals surface area (Å²) in [6, 6.07) is 20.8. The molecule has 0 aliphatic heterocycles. The van der Waals surface area contributed by atoms with Crippen LogP contribution in [0, 0.1) is 11.6 Å². The van der Waals surface area contributed by atoms with Crippen molar-refractivity contribution >= 4 is 19.7 Å². The summed E-state index contributed by atoms with van der Waals surface area (Å²) < 4.78 is 117. The van der Waals surface area contributed by atoms with Crippen molar-refractivity contribution in [3.63, 3.8) is 0 Å². The molecule has 0 fully saturated rings. The van der Waals surface area contributed by atoms with Crippen LogP contribution in [-0.4, -0.2) is 128 Å². The van der Waals surface area contributed by atoms with Crippen LogP contribution < -0.4 is 28.4 Å². The molecule has 0 spiro atoms. The molecule has 2 atom stereocenters. The lowest BCUT2D eigenvalue weighted by Gasteiger charge is -2.18. The SMILES string of the molecule is CCOc1cccc(-c2nnc(CS(=O)(=O)C(C)Cc3ncc(F)cn3)n2-c2c(OC)cccc2OC)n1.CCOc1cccc(-c2nnc(CS(=O)(=O)C(C)Cc3ncc(F)cn3)n2-c2c(OC)cccc2OC)n1. The van der Waals surface area contributed by atoms with Gasteiger partial charge in [0.15, 0.2) is 54.6 Å². The highest BCUT2D eigenvalue weighted by Crippen LogP contribution is 2.38. The predicted molar refractivity (Wildman–Crippen MR) is 273 cm³/mol. The molecule has 0 bridgehead atoms. The summed E-state index contributed by atoms with van der Waals surface area (Å²) in [5.74, 6) is 1.52.